The second kappa shape index (κ2) is 7.93. The molecule has 4 aromatic rings. The monoisotopic (exact) mass is 385 g/mol. The molecule has 0 spiro atoms. The maximum absolute atomic E-state index is 12.6. The number of nitrogens with zero attached hydrogens (tertiary/aromatic N) is 3. The minimum absolute atomic E-state index is 0.210. The number of hydrogen-bond acceptors (Lipinski definition) is 4. The molecule has 0 saturated carbocycles. The number of H-pyrrole nitrogens is 1. The maximum Gasteiger partial charge on any atom is 0.255 e. The molecule has 29 heavy (non-hydrogen) atoms. The van der Waals surface area contributed by atoms with Gasteiger partial charge in [0, 0.05) is 41.0 Å². The Morgan fingerprint density at radius 1 is 1.10 bits per heavy atom. The van der Waals surface area contributed by atoms with Gasteiger partial charge in [0.2, 0.25) is 0 Å². The Hall–Kier alpha value is -4.00. The van der Waals surface area contributed by atoms with Crippen LogP contribution in [0.25, 0.3) is 11.4 Å². The Balaban J connectivity index is 1.49. The highest BCUT2D eigenvalue weighted by Crippen LogP contribution is 2.19. The van der Waals surface area contributed by atoms with Crippen molar-refractivity contribution in [1.29, 1.82) is 0 Å². The van der Waals surface area contributed by atoms with E-state index in [2.05, 4.69) is 20.4 Å². The summed E-state index contributed by atoms with van der Waals surface area (Å²) in [6.45, 7) is 2.42. The van der Waals surface area contributed by atoms with Crippen LogP contribution in [0.15, 0.2) is 77.9 Å². The second-order valence-corrected chi connectivity index (χ2v) is 6.67. The molecule has 1 amide bonds. The molecule has 7 nitrogen and oxygen atoms in total. The van der Waals surface area contributed by atoms with E-state index in [1.54, 1.807) is 43.5 Å². The number of hydrogen-bond donors (Lipinski definition) is 2. The molecule has 2 heterocycles. The third-order valence-electron chi connectivity index (χ3n) is 4.38. The van der Waals surface area contributed by atoms with E-state index in [9.17, 15) is 9.59 Å². The molecular weight excluding hydrogens is 366 g/mol. The number of benzene rings is 2. The van der Waals surface area contributed by atoms with Gasteiger partial charge in [0.15, 0.2) is 0 Å². The maximum atomic E-state index is 12.6. The zero-order valence-electron chi connectivity index (χ0n) is 15.8. The van der Waals surface area contributed by atoms with Crippen molar-refractivity contribution in [3.8, 4) is 11.4 Å². The zero-order valence-corrected chi connectivity index (χ0v) is 15.8. The zero-order chi connectivity index (χ0) is 20.2. The molecule has 2 aromatic heterocycles. The Bertz CT molecular complexity index is 1190. The van der Waals surface area contributed by atoms with Crippen molar-refractivity contribution < 1.29 is 4.79 Å². The Labute approximate surface area is 167 Å². The van der Waals surface area contributed by atoms with Gasteiger partial charge < -0.3 is 10.3 Å². The smallest absolute Gasteiger partial charge is 0.255 e. The van der Waals surface area contributed by atoms with Gasteiger partial charge in [-0.1, -0.05) is 24.3 Å². The summed E-state index contributed by atoms with van der Waals surface area (Å²) < 4.78 is 1.82. The van der Waals surface area contributed by atoms with E-state index < -0.39 is 0 Å². The number of amides is 1. The van der Waals surface area contributed by atoms with Crippen LogP contribution in [0.3, 0.4) is 0 Å². The highest BCUT2D eigenvalue weighted by atomic mass is 16.1. The first-order chi connectivity index (χ1) is 14.1. The standard InChI is InChI=1S/C22H19N5O2/c1-15-12-20(28)26-21(24-15)18-4-2-5-19(13-18)25-22(29)17-8-6-16(7-9-17)14-27-11-3-10-23-27/h2-13H,14H2,1H3,(H,25,29)(H,24,26,28). The number of rotatable bonds is 5. The highest BCUT2D eigenvalue weighted by Gasteiger charge is 2.08. The van der Waals surface area contributed by atoms with Gasteiger partial charge in [-0.05, 0) is 42.8 Å². The molecule has 0 atom stereocenters. The van der Waals surface area contributed by atoms with E-state index in [1.165, 1.54) is 6.07 Å². The largest absolute Gasteiger partial charge is 0.322 e. The fraction of sp³-hybridized carbons (Fsp3) is 0.0909. The summed E-state index contributed by atoms with van der Waals surface area (Å²) in [5.41, 5.74) is 3.38. The van der Waals surface area contributed by atoms with Crippen LogP contribution < -0.4 is 10.9 Å². The number of carbonyl (C=O) groups excluding carboxylic acids is 1. The molecule has 0 aliphatic rings. The van der Waals surface area contributed by atoms with Gasteiger partial charge in [0.25, 0.3) is 11.5 Å². The first kappa shape index (κ1) is 18.4. The Morgan fingerprint density at radius 3 is 2.66 bits per heavy atom. The van der Waals surface area contributed by atoms with Crippen LogP contribution in [0.5, 0.6) is 0 Å². The second-order valence-electron chi connectivity index (χ2n) is 6.67. The first-order valence-corrected chi connectivity index (χ1v) is 9.13. The predicted molar refractivity (Wildman–Crippen MR) is 111 cm³/mol. The van der Waals surface area contributed by atoms with Gasteiger partial charge in [0.1, 0.15) is 5.82 Å². The summed E-state index contributed by atoms with van der Waals surface area (Å²) in [6.07, 6.45) is 3.63. The van der Waals surface area contributed by atoms with E-state index in [0.29, 0.717) is 29.3 Å². The molecule has 0 unspecified atom stereocenters. The number of aromatic amines is 1. The number of aryl methyl sites for hydroxylation is 1. The van der Waals surface area contributed by atoms with Gasteiger partial charge in [0.05, 0.1) is 6.54 Å². The van der Waals surface area contributed by atoms with E-state index in [0.717, 1.165) is 11.1 Å². The lowest BCUT2D eigenvalue weighted by Crippen LogP contribution is -2.12. The van der Waals surface area contributed by atoms with Crippen molar-refractivity contribution in [3.05, 3.63) is 100 Å². The van der Waals surface area contributed by atoms with Gasteiger partial charge in [-0.3, -0.25) is 14.3 Å². The molecular formula is C22H19N5O2. The Morgan fingerprint density at radius 2 is 1.93 bits per heavy atom. The fourth-order valence-electron chi connectivity index (χ4n) is 3.01. The summed E-state index contributed by atoms with van der Waals surface area (Å²) in [4.78, 5) is 31.3. The minimum Gasteiger partial charge on any atom is -0.322 e. The minimum atomic E-state index is -0.211. The third-order valence-corrected chi connectivity index (χ3v) is 4.38. The van der Waals surface area contributed by atoms with Crippen LogP contribution >= 0.6 is 0 Å². The number of carbonyl (C=O) groups is 1. The van der Waals surface area contributed by atoms with Crippen molar-refractivity contribution >= 4 is 11.6 Å². The van der Waals surface area contributed by atoms with Crippen molar-refractivity contribution in [1.82, 2.24) is 19.7 Å². The molecule has 0 radical (unpaired) electrons. The predicted octanol–water partition coefficient (Wildman–Crippen LogP) is 3.24. The first-order valence-electron chi connectivity index (χ1n) is 9.13. The van der Waals surface area contributed by atoms with E-state index >= 15 is 0 Å². The van der Waals surface area contributed by atoms with Crippen molar-refractivity contribution in [3.63, 3.8) is 0 Å². The molecule has 0 aliphatic carbocycles. The molecule has 7 heteroatoms. The molecule has 4 rings (SSSR count). The summed E-state index contributed by atoms with van der Waals surface area (Å²) in [5, 5.41) is 7.07. The molecule has 0 aliphatic heterocycles. The van der Waals surface area contributed by atoms with Crippen LogP contribution in [0.4, 0.5) is 5.69 Å². The lowest BCUT2D eigenvalue weighted by molar-refractivity contribution is 0.102. The molecule has 0 saturated heterocycles. The Kier molecular flexibility index (Phi) is 5.03. The molecule has 0 bridgehead atoms. The van der Waals surface area contributed by atoms with Crippen molar-refractivity contribution in [2.45, 2.75) is 13.5 Å². The van der Waals surface area contributed by atoms with Crippen LogP contribution in [0, 0.1) is 6.92 Å². The van der Waals surface area contributed by atoms with Crippen molar-refractivity contribution in [2.75, 3.05) is 5.32 Å². The third kappa shape index (κ3) is 4.47. The highest BCUT2D eigenvalue weighted by molar-refractivity contribution is 6.04. The number of aromatic nitrogens is 4. The average molecular weight is 385 g/mol. The lowest BCUT2D eigenvalue weighted by atomic mass is 10.1. The molecule has 2 aromatic carbocycles. The normalized spacial score (nSPS) is 10.7. The number of nitrogens with one attached hydrogen (secondary N) is 2. The van der Waals surface area contributed by atoms with E-state index in [-0.39, 0.29) is 11.5 Å². The van der Waals surface area contributed by atoms with Gasteiger partial charge >= 0.3 is 0 Å². The SMILES string of the molecule is Cc1cc(=O)[nH]c(-c2cccc(NC(=O)c3ccc(Cn4cccn4)cc3)c2)n1. The topological polar surface area (TPSA) is 92.7 Å². The summed E-state index contributed by atoms with van der Waals surface area (Å²) in [5.74, 6) is 0.257. The van der Waals surface area contributed by atoms with Gasteiger partial charge in [-0.2, -0.15) is 5.10 Å². The molecule has 0 fully saturated rings. The van der Waals surface area contributed by atoms with E-state index in [4.69, 9.17) is 0 Å². The van der Waals surface area contributed by atoms with E-state index in [1.807, 2.05) is 35.1 Å². The fourth-order valence-corrected chi connectivity index (χ4v) is 3.01. The van der Waals surface area contributed by atoms with Crippen LogP contribution in [0.1, 0.15) is 21.6 Å². The summed E-state index contributed by atoms with van der Waals surface area (Å²) >= 11 is 0. The summed E-state index contributed by atoms with van der Waals surface area (Å²) in [6, 6.07) is 17.9. The summed E-state index contributed by atoms with van der Waals surface area (Å²) in [7, 11) is 0. The molecule has 2 N–H and O–H groups in total. The quantitative estimate of drug-likeness (QED) is 0.552. The van der Waals surface area contributed by atoms with Gasteiger partial charge in [-0.15, -0.1) is 0 Å². The van der Waals surface area contributed by atoms with Crippen LogP contribution in [-0.2, 0) is 6.54 Å². The number of anilines is 1. The van der Waals surface area contributed by atoms with Crippen LogP contribution in [-0.4, -0.2) is 25.7 Å². The average Bonchev–Trinajstić information content (AvgIpc) is 3.21. The van der Waals surface area contributed by atoms with Gasteiger partial charge in [-0.25, -0.2) is 4.98 Å². The van der Waals surface area contributed by atoms with Crippen LogP contribution in [0.2, 0.25) is 0 Å². The van der Waals surface area contributed by atoms with Crippen molar-refractivity contribution in [2.24, 2.45) is 0 Å². The lowest BCUT2D eigenvalue weighted by Gasteiger charge is -2.08. The molecule has 144 valence electrons.